The Balaban J connectivity index is 2.38. The van der Waals surface area contributed by atoms with Crippen molar-refractivity contribution < 1.29 is 4.74 Å². The van der Waals surface area contributed by atoms with Crippen LogP contribution in [-0.4, -0.2) is 14.2 Å². The second-order valence-electron chi connectivity index (χ2n) is 4.03. The molecular weight excluding hydrogens is 304 g/mol. The molecule has 0 radical (unpaired) electrons. The molecule has 0 fully saturated rings. The summed E-state index contributed by atoms with van der Waals surface area (Å²) in [6.45, 7) is 0. The minimum Gasteiger partial charge on any atom is -0.497 e. The van der Waals surface area contributed by atoms with E-state index in [-0.39, 0.29) is 0 Å². The molecule has 2 rings (SSSR count). The van der Waals surface area contributed by atoms with Crippen molar-refractivity contribution in [1.29, 1.82) is 5.26 Å². The Labute approximate surface area is 121 Å². The van der Waals surface area contributed by atoms with Crippen LogP contribution < -0.4 is 9.64 Å². The highest BCUT2D eigenvalue weighted by atomic mass is 79.9. The van der Waals surface area contributed by atoms with E-state index < -0.39 is 0 Å². The lowest BCUT2D eigenvalue weighted by molar-refractivity contribution is 0.415. The monoisotopic (exact) mass is 316 g/mol. The van der Waals surface area contributed by atoms with E-state index in [1.54, 1.807) is 7.11 Å². The van der Waals surface area contributed by atoms with E-state index in [0.29, 0.717) is 5.56 Å². The minimum atomic E-state index is 0.632. The van der Waals surface area contributed by atoms with Crippen molar-refractivity contribution >= 4 is 27.3 Å². The molecule has 0 aliphatic heterocycles. The SMILES string of the molecule is COc1ccc(N(C)c2ccc(Br)cc2C#N)cc1. The highest BCUT2D eigenvalue weighted by molar-refractivity contribution is 9.10. The Morgan fingerprint density at radius 2 is 1.84 bits per heavy atom. The molecule has 0 aliphatic carbocycles. The van der Waals surface area contributed by atoms with Gasteiger partial charge in [0.2, 0.25) is 0 Å². The van der Waals surface area contributed by atoms with Crippen LogP contribution in [0.15, 0.2) is 46.9 Å². The van der Waals surface area contributed by atoms with Crippen LogP contribution in [0.25, 0.3) is 0 Å². The van der Waals surface area contributed by atoms with Crippen molar-refractivity contribution in [2.24, 2.45) is 0 Å². The summed E-state index contributed by atoms with van der Waals surface area (Å²) in [6, 6.07) is 15.6. The zero-order valence-electron chi connectivity index (χ0n) is 10.7. The molecule has 0 saturated carbocycles. The maximum absolute atomic E-state index is 9.20. The molecule has 0 aliphatic rings. The fourth-order valence-corrected chi connectivity index (χ4v) is 2.20. The minimum absolute atomic E-state index is 0.632. The molecule has 0 aromatic heterocycles. The van der Waals surface area contributed by atoms with Crippen molar-refractivity contribution in [3.8, 4) is 11.8 Å². The Morgan fingerprint density at radius 1 is 1.16 bits per heavy atom. The summed E-state index contributed by atoms with van der Waals surface area (Å²) in [7, 11) is 3.58. The van der Waals surface area contributed by atoms with Gasteiger partial charge in [-0.25, -0.2) is 0 Å². The lowest BCUT2D eigenvalue weighted by atomic mass is 10.1. The molecule has 4 heteroatoms. The maximum Gasteiger partial charge on any atom is 0.119 e. The smallest absolute Gasteiger partial charge is 0.119 e. The second-order valence-corrected chi connectivity index (χ2v) is 4.95. The summed E-state index contributed by atoms with van der Waals surface area (Å²) in [6.07, 6.45) is 0. The first-order valence-electron chi connectivity index (χ1n) is 5.73. The maximum atomic E-state index is 9.20. The summed E-state index contributed by atoms with van der Waals surface area (Å²) in [5.41, 5.74) is 2.50. The van der Waals surface area contributed by atoms with Gasteiger partial charge in [0.15, 0.2) is 0 Å². The normalized spacial score (nSPS) is 9.79. The first-order chi connectivity index (χ1) is 9.15. The van der Waals surface area contributed by atoms with Crippen LogP contribution in [0, 0.1) is 11.3 Å². The molecule has 19 heavy (non-hydrogen) atoms. The molecule has 3 nitrogen and oxygen atoms in total. The second kappa shape index (κ2) is 5.77. The highest BCUT2D eigenvalue weighted by Crippen LogP contribution is 2.29. The third-order valence-electron chi connectivity index (χ3n) is 2.90. The molecule has 2 aromatic rings. The van der Waals surface area contributed by atoms with Gasteiger partial charge in [0.05, 0.1) is 18.4 Å². The number of methoxy groups -OCH3 is 1. The lowest BCUT2D eigenvalue weighted by Crippen LogP contribution is -2.10. The third kappa shape index (κ3) is 2.88. The molecule has 96 valence electrons. The van der Waals surface area contributed by atoms with Crippen LogP contribution in [0.2, 0.25) is 0 Å². The molecule has 0 unspecified atom stereocenters. The molecule has 0 heterocycles. The van der Waals surface area contributed by atoms with Crippen molar-refractivity contribution in [3.05, 3.63) is 52.5 Å². The molecule has 2 aromatic carbocycles. The molecule has 0 spiro atoms. The van der Waals surface area contributed by atoms with E-state index in [9.17, 15) is 5.26 Å². The Bertz CT molecular complexity index is 617. The lowest BCUT2D eigenvalue weighted by Gasteiger charge is -2.21. The van der Waals surface area contributed by atoms with Gasteiger partial charge in [0.25, 0.3) is 0 Å². The first-order valence-corrected chi connectivity index (χ1v) is 6.52. The van der Waals surface area contributed by atoms with Crippen molar-refractivity contribution in [2.45, 2.75) is 0 Å². The van der Waals surface area contributed by atoms with Gasteiger partial charge < -0.3 is 9.64 Å². The van der Waals surface area contributed by atoms with E-state index >= 15 is 0 Å². The molecular formula is C15H13BrN2O. The summed E-state index contributed by atoms with van der Waals surface area (Å²) in [5, 5.41) is 9.20. The number of anilines is 2. The number of hydrogen-bond acceptors (Lipinski definition) is 3. The molecule has 0 saturated heterocycles. The average Bonchev–Trinajstić information content (AvgIpc) is 2.46. The summed E-state index contributed by atoms with van der Waals surface area (Å²) < 4.78 is 6.04. The van der Waals surface area contributed by atoms with Crippen LogP contribution >= 0.6 is 15.9 Å². The van der Waals surface area contributed by atoms with Gasteiger partial charge in [-0.3, -0.25) is 0 Å². The van der Waals surface area contributed by atoms with Gasteiger partial charge in [-0.15, -0.1) is 0 Å². The fourth-order valence-electron chi connectivity index (χ4n) is 1.84. The van der Waals surface area contributed by atoms with E-state index in [4.69, 9.17) is 4.74 Å². The molecule has 0 bridgehead atoms. The van der Waals surface area contributed by atoms with Gasteiger partial charge in [-0.05, 0) is 42.5 Å². The number of nitrogens with zero attached hydrogens (tertiary/aromatic N) is 2. The quantitative estimate of drug-likeness (QED) is 0.855. The van der Waals surface area contributed by atoms with Gasteiger partial charge >= 0.3 is 0 Å². The van der Waals surface area contributed by atoms with Gasteiger partial charge in [0, 0.05) is 17.2 Å². The zero-order valence-corrected chi connectivity index (χ0v) is 12.3. The standard InChI is InChI=1S/C15H13BrN2O/c1-18(13-4-6-14(19-2)7-5-13)15-8-3-12(16)9-11(15)10-17/h3-9H,1-2H3. The number of halogens is 1. The largest absolute Gasteiger partial charge is 0.497 e. The number of hydrogen-bond donors (Lipinski definition) is 0. The Kier molecular flexibility index (Phi) is 4.08. The number of nitriles is 1. The Hall–Kier alpha value is -1.99. The van der Waals surface area contributed by atoms with Crippen LogP contribution in [-0.2, 0) is 0 Å². The van der Waals surface area contributed by atoms with Crippen molar-refractivity contribution in [1.82, 2.24) is 0 Å². The number of benzene rings is 2. The van der Waals surface area contributed by atoms with Gasteiger partial charge in [0.1, 0.15) is 11.8 Å². The van der Waals surface area contributed by atoms with E-state index in [2.05, 4.69) is 22.0 Å². The van der Waals surface area contributed by atoms with E-state index in [0.717, 1.165) is 21.6 Å². The zero-order chi connectivity index (χ0) is 13.8. The highest BCUT2D eigenvalue weighted by Gasteiger charge is 2.09. The van der Waals surface area contributed by atoms with Crippen LogP contribution in [0.3, 0.4) is 0 Å². The number of rotatable bonds is 3. The molecule has 0 atom stereocenters. The topological polar surface area (TPSA) is 36.3 Å². The first kappa shape index (κ1) is 13.4. The van der Waals surface area contributed by atoms with Crippen LogP contribution in [0.4, 0.5) is 11.4 Å². The molecule has 0 amide bonds. The predicted molar refractivity (Wildman–Crippen MR) is 79.9 cm³/mol. The summed E-state index contributed by atoms with van der Waals surface area (Å²) in [4.78, 5) is 1.98. The third-order valence-corrected chi connectivity index (χ3v) is 3.39. The predicted octanol–water partition coefficient (Wildman–Crippen LogP) is 4.10. The van der Waals surface area contributed by atoms with Crippen LogP contribution in [0.1, 0.15) is 5.56 Å². The van der Waals surface area contributed by atoms with Crippen LogP contribution in [0.5, 0.6) is 5.75 Å². The van der Waals surface area contributed by atoms with E-state index in [1.165, 1.54) is 0 Å². The summed E-state index contributed by atoms with van der Waals surface area (Å²) >= 11 is 3.38. The van der Waals surface area contributed by atoms with Crippen molar-refractivity contribution in [2.75, 3.05) is 19.1 Å². The van der Waals surface area contributed by atoms with E-state index in [1.807, 2.05) is 54.4 Å². The number of ether oxygens (including phenoxy) is 1. The van der Waals surface area contributed by atoms with Gasteiger partial charge in [-0.1, -0.05) is 15.9 Å². The Morgan fingerprint density at radius 3 is 2.42 bits per heavy atom. The average molecular weight is 317 g/mol. The summed E-state index contributed by atoms with van der Waals surface area (Å²) in [5.74, 6) is 0.813. The van der Waals surface area contributed by atoms with Crippen molar-refractivity contribution in [3.63, 3.8) is 0 Å². The van der Waals surface area contributed by atoms with Gasteiger partial charge in [-0.2, -0.15) is 5.26 Å². The molecule has 0 N–H and O–H groups in total. The fraction of sp³-hybridized carbons (Fsp3) is 0.133.